The van der Waals surface area contributed by atoms with Crippen molar-refractivity contribution in [3.8, 4) is 0 Å². The molecule has 0 amide bonds. The van der Waals surface area contributed by atoms with Gasteiger partial charge in [0.05, 0.1) is 12.0 Å². The highest BCUT2D eigenvalue weighted by Crippen LogP contribution is 2.14. The van der Waals surface area contributed by atoms with Crippen LogP contribution in [0.2, 0.25) is 0 Å². The Balaban J connectivity index is 2.12. The number of ether oxygens (including phenoxy) is 1. The van der Waals surface area contributed by atoms with Gasteiger partial charge in [-0.25, -0.2) is 4.98 Å². The molecule has 0 radical (unpaired) electrons. The van der Waals surface area contributed by atoms with Crippen LogP contribution in [-0.4, -0.2) is 42.0 Å². The normalized spacial score (nSPS) is 12.0. The van der Waals surface area contributed by atoms with Gasteiger partial charge in [-0.05, 0) is 13.0 Å². The SMILES string of the molecule is CCNCCc1cn(CCCOCC(F)(F)F)cn1. The van der Waals surface area contributed by atoms with Crippen LogP contribution in [0.3, 0.4) is 0 Å². The minimum absolute atomic E-state index is 0.102. The Hall–Kier alpha value is -1.08. The van der Waals surface area contributed by atoms with Crippen LogP contribution in [0.4, 0.5) is 13.2 Å². The fourth-order valence-electron chi connectivity index (χ4n) is 1.59. The molecule has 0 saturated heterocycles. The van der Waals surface area contributed by atoms with Gasteiger partial charge < -0.3 is 14.6 Å². The number of halogens is 3. The van der Waals surface area contributed by atoms with Gasteiger partial charge in [0.25, 0.3) is 0 Å². The third-order valence-corrected chi connectivity index (χ3v) is 2.47. The van der Waals surface area contributed by atoms with Crippen molar-refractivity contribution in [3.05, 3.63) is 18.2 Å². The van der Waals surface area contributed by atoms with E-state index in [0.717, 1.165) is 25.2 Å². The first-order chi connectivity index (χ1) is 9.01. The summed E-state index contributed by atoms with van der Waals surface area (Å²) in [5.41, 5.74) is 0.983. The number of nitrogens with zero attached hydrogens (tertiary/aromatic N) is 2. The average Bonchev–Trinajstić information content (AvgIpc) is 2.75. The van der Waals surface area contributed by atoms with Gasteiger partial charge in [0.1, 0.15) is 6.61 Å². The predicted molar refractivity (Wildman–Crippen MR) is 66.0 cm³/mol. The molecule has 0 fully saturated rings. The van der Waals surface area contributed by atoms with Gasteiger partial charge in [0.15, 0.2) is 0 Å². The zero-order valence-corrected chi connectivity index (χ0v) is 11.0. The molecule has 0 saturated carbocycles. The minimum Gasteiger partial charge on any atom is -0.372 e. The maximum Gasteiger partial charge on any atom is 0.411 e. The molecule has 0 atom stereocenters. The van der Waals surface area contributed by atoms with E-state index in [4.69, 9.17) is 0 Å². The van der Waals surface area contributed by atoms with Crippen molar-refractivity contribution in [2.24, 2.45) is 0 Å². The number of aryl methyl sites for hydroxylation is 1. The fourth-order valence-corrected chi connectivity index (χ4v) is 1.59. The van der Waals surface area contributed by atoms with Crippen molar-refractivity contribution < 1.29 is 17.9 Å². The number of aromatic nitrogens is 2. The highest BCUT2D eigenvalue weighted by atomic mass is 19.4. The van der Waals surface area contributed by atoms with Crippen molar-refractivity contribution in [2.45, 2.75) is 32.5 Å². The Morgan fingerprint density at radius 3 is 2.89 bits per heavy atom. The molecule has 110 valence electrons. The van der Waals surface area contributed by atoms with Gasteiger partial charge in [-0.3, -0.25) is 0 Å². The van der Waals surface area contributed by atoms with Crippen LogP contribution >= 0.6 is 0 Å². The van der Waals surface area contributed by atoms with Crippen LogP contribution in [0.25, 0.3) is 0 Å². The lowest BCUT2D eigenvalue weighted by Gasteiger charge is -2.07. The quantitative estimate of drug-likeness (QED) is 0.703. The summed E-state index contributed by atoms with van der Waals surface area (Å²) in [7, 11) is 0. The van der Waals surface area contributed by atoms with E-state index >= 15 is 0 Å². The molecule has 0 unspecified atom stereocenters. The van der Waals surface area contributed by atoms with E-state index in [9.17, 15) is 13.2 Å². The molecule has 1 heterocycles. The van der Waals surface area contributed by atoms with Gasteiger partial charge in [-0.15, -0.1) is 0 Å². The largest absolute Gasteiger partial charge is 0.411 e. The standard InChI is InChI=1S/C12H20F3N3O/c1-2-16-5-4-11-8-18(10-17-11)6-3-7-19-9-12(13,14)15/h8,10,16H,2-7,9H2,1H3. The molecule has 0 bridgehead atoms. The van der Waals surface area contributed by atoms with E-state index in [-0.39, 0.29) is 6.61 Å². The molecule has 0 aliphatic heterocycles. The average molecular weight is 279 g/mol. The van der Waals surface area contributed by atoms with Crippen LogP contribution < -0.4 is 5.32 Å². The second-order valence-corrected chi connectivity index (χ2v) is 4.23. The number of nitrogens with one attached hydrogen (secondary N) is 1. The number of alkyl halides is 3. The number of rotatable bonds is 9. The van der Waals surface area contributed by atoms with Gasteiger partial charge in [-0.1, -0.05) is 6.92 Å². The molecule has 1 aromatic rings. The van der Waals surface area contributed by atoms with Crippen molar-refractivity contribution >= 4 is 0 Å². The van der Waals surface area contributed by atoms with E-state index in [1.807, 2.05) is 17.7 Å². The second kappa shape index (κ2) is 8.16. The van der Waals surface area contributed by atoms with E-state index in [2.05, 4.69) is 15.0 Å². The molecular formula is C12H20F3N3O. The summed E-state index contributed by atoms with van der Waals surface area (Å²) in [6.45, 7) is 3.39. The first kappa shape index (κ1) is 16.0. The smallest absolute Gasteiger partial charge is 0.372 e. The van der Waals surface area contributed by atoms with E-state index in [1.54, 1.807) is 6.33 Å². The maximum absolute atomic E-state index is 11.8. The Morgan fingerprint density at radius 2 is 2.21 bits per heavy atom. The molecule has 1 N–H and O–H groups in total. The molecular weight excluding hydrogens is 259 g/mol. The lowest BCUT2D eigenvalue weighted by molar-refractivity contribution is -0.174. The molecule has 0 spiro atoms. The summed E-state index contributed by atoms with van der Waals surface area (Å²) in [5.74, 6) is 0. The van der Waals surface area contributed by atoms with Crippen molar-refractivity contribution in [1.82, 2.24) is 14.9 Å². The number of likely N-dealkylation sites (N-methyl/N-ethyl adjacent to an activating group) is 1. The monoisotopic (exact) mass is 279 g/mol. The van der Waals surface area contributed by atoms with Crippen LogP contribution in [0.1, 0.15) is 19.0 Å². The van der Waals surface area contributed by atoms with Crippen molar-refractivity contribution in [1.29, 1.82) is 0 Å². The summed E-state index contributed by atoms with van der Waals surface area (Å²) in [6.07, 6.45) is 0.769. The van der Waals surface area contributed by atoms with Crippen molar-refractivity contribution in [3.63, 3.8) is 0 Å². The molecule has 0 aromatic carbocycles. The third kappa shape index (κ3) is 7.84. The topological polar surface area (TPSA) is 39.1 Å². The van der Waals surface area contributed by atoms with Crippen LogP contribution in [0, 0.1) is 0 Å². The van der Waals surface area contributed by atoms with Gasteiger partial charge in [0, 0.05) is 32.3 Å². The van der Waals surface area contributed by atoms with E-state index < -0.39 is 12.8 Å². The number of hydrogen-bond donors (Lipinski definition) is 1. The molecule has 1 aromatic heterocycles. The first-order valence-corrected chi connectivity index (χ1v) is 6.37. The molecule has 19 heavy (non-hydrogen) atoms. The van der Waals surface area contributed by atoms with Crippen LogP contribution in [0.15, 0.2) is 12.5 Å². The molecule has 0 aliphatic rings. The maximum atomic E-state index is 11.8. The number of hydrogen-bond acceptors (Lipinski definition) is 3. The summed E-state index contributed by atoms with van der Waals surface area (Å²) in [6, 6.07) is 0. The highest BCUT2D eigenvalue weighted by molar-refractivity contribution is 4.97. The Bertz CT molecular complexity index is 352. The third-order valence-electron chi connectivity index (χ3n) is 2.47. The van der Waals surface area contributed by atoms with Crippen LogP contribution in [0.5, 0.6) is 0 Å². The summed E-state index contributed by atoms with van der Waals surface area (Å²) < 4.78 is 41.8. The molecule has 7 heteroatoms. The zero-order valence-electron chi connectivity index (χ0n) is 11.0. The van der Waals surface area contributed by atoms with E-state index in [1.165, 1.54) is 0 Å². The lowest BCUT2D eigenvalue weighted by atomic mass is 10.3. The van der Waals surface area contributed by atoms with Gasteiger partial charge in [0.2, 0.25) is 0 Å². The zero-order chi connectivity index (χ0) is 14.1. The Morgan fingerprint density at radius 1 is 1.42 bits per heavy atom. The van der Waals surface area contributed by atoms with E-state index in [0.29, 0.717) is 13.0 Å². The van der Waals surface area contributed by atoms with Crippen LogP contribution in [-0.2, 0) is 17.7 Å². The highest BCUT2D eigenvalue weighted by Gasteiger charge is 2.27. The fraction of sp³-hybridized carbons (Fsp3) is 0.750. The number of imidazole rings is 1. The Labute approximate surface area is 111 Å². The molecule has 4 nitrogen and oxygen atoms in total. The summed E-state index contributed by atoms with van der Waals surface area (Å²) >= 11 is 0. The van der Waals surface area contributed by atoms with Crippen molar-refractivity contribution in [2.75, 3.05) is 26.3 Å². The first-order valence-electron chi connectivity index (χ1n) is 6.37. The van der Waals surface area contributed by atoms with Gasteiger partial charge >= 0.3 is 6.18 Å². The summed E-state index contributed by atoms with van der Waals surface area (Å²) in [5, 5.41) is 3.20. The molecule has 0 aliphatic carbocycles. The predicted octanol–water partition coefficient (Wildman–Crippen LogP) is 2.00. The Kier molecular flexibility index (Phi) is 6.86. The van der Waals surface area contributed by atoms with Gasteiger partial charge in [-0.2, -0.15) is 13.2 Å². The second-order valence-electron chi connectivity index (χ2n) is 4.23. The molecule has 1 rings (SSSR count). The lowest BCUT2D eigenvalue weighted by Crippen LogP contribution is -2.17. The summed E-state index contributed by atoms with van der Waals surface area (Å²) in [4.78, 5) is 4.23. The minimum atomic E-state index is -4.24.